The molecular formula is C18H15Cl2NO. The highest BCUT2D eigenvalue weighted by molar-refractivity contribution is 6.42. The molecule has 0 amide bonds. The Morgan fingerprint density at radius 3 is 2.59 bits per heavy atom. The average molecular weight is 332 g/mol. The molecule has 0 saturated carbocycles. The zero-order valence-electron chi connectivity index (χ0n) is 12.0. The Morgan fingerprint density at radius 2 is 1.91 bits per heavy atom. The van der Waals surface area contributed by atoms with Gasteiger partial charge in [-0.2, -0.15) is 0 Å². The molecule has 3 rings (SSSR count). The van der Waals surface area contributed by atoms with Gasteiger partial charge in [0.15, 0.2) is 0 Å². The lowest BCUT2D eigenvalue weighted by molar-refractivity contribution is -0.112. The van der Waals surface area contributed by atoms with Crippen LogP contribution in [-0.2, 0) is 10.3 Å². The summed E-state index contributed by atoms with van der Waals surface area (Å²) in [5, 5.41) is 4.18. The minimum Gasteiger partial charge on any atom is -0.301 e. The first-order valence-electron chi connectivity index (χ1n) is 7.00. The van der Waals surface area contributed by atoms with E-state index in [1.807, 2.05) is 48.6 Å². The second-order valence-electron chi connectivity index (χ2n) is 5.33. The molecule has 2 aromatic carbocycles. The van der Waals surface area contributed by atoms with Crippen molar-refractivity contribution in [2.75, 3.05) is 7.05 Å². The van der Waals surface area contributed by atoms with Gasteiger partial charge in [0, 0.05) is 5.92 Å². The summed E-state index contributed by atoms with van der Waals surface area (Å²) in [6.07, 6.45) is 4.88. The van der Waals surface area contributed by atoms with E-state index >= 15 is 0 Å². The molecule has 2 atom stereocenters. The molecule has 112 valence electrons. The van der Waals surface area contributed by atoms with Gasteiger partial charge in [0.2, 0.25) is 0 Å². The molecule has 0 unspecified atom stereocenters. The summed E-state index contributed by atoms with van der Waals surface area (Å²) >= 11 is 12.1. The van der Waals surface area contributed by atoms with Crippen LogP contribution in [0.3, 0.4) is 0 Å². The molecule has 0 spiro atoms. The third kappa shape index (κ3) is 2.38. The predicted octanol–water partition coefficient (Wildman–Crippen LogP) is 4.31. The fraction of sp³-hybridized carbons (Fsp3) is 0.167. The molecule has 0 saturated heterocycles. The standard InChI is InChI=1S/C18H15Cl2NO/c1-21-18(11-22)9-8-13(14-4-2-3-5-15(14)18)12-6-7-16(19)17(20)10-12/h2-11,13,21H,1H3/t13-,18+/m0/s1. The number of aldehydes is 1. The number of hydrogen-bond acceptors (Lipinski definition) is 2. The van der Waals surface area contributed by atoms with Crippen LogP contribution < -0.4 is 5.32 Å². The van der Waals surface area contributed by atoms with E-state index < -0.39 is 5.54 Å². The summed E-state index contributed by atoms with van der Waals surface area (Å²) in [4.78, 5) is 11.7. The van der Waals surface area contributed by atoms with Gasteiger partial charge in [-0.25, -0.2) is 0 Å². The largest absolute Gasteiger partial charge is 0.301 e. The fourth-order valence-electron chi connectivity index (χ4n) is 2.96. The number of halogens is 2. The fourth-order valence-corrected chi connectivity index (χ4v) is 3.27. The van der Waals surface area contributed by atoms with E-state index in [0.29, 0.717) is 10.0 Å². The summed E-state index contributed by atoms with van der Waals surface area (Å²) in [6.45, 7) is 0. The topological polar surface area (TPSA) is 29.1 Å². The number of allylic oxidation sites excluding steroid dienone is 1. The molecule has 0 bridgehead atoms. The van der Waals surface area contributed by atoms with E-state index in [0.717, 1.165) is 23.0 Å². The predicted molar refractivity (Wildman–Crippen MR) is 90.7 cm³/mol. The first kappa shape index (κ1) is 15.3. The molecule has 22 heavy (non-hydrogen) atoms. The van der Waals surface area contributed by atoms with Crippen molar-refractivity contribution in [3.63, 3.8) is 0 Å². The maximum Gasteiger partial charge on any atom is 0.148 e. The molecule has 2 aromatic rings. The third-order valence-electron chi connectivity index (χ3n) is 4.20. The van der Waals surface area contributed by atoms with Crippen LogP contribution in [0.5, 0.6) is 0 Å². The lowest BCUT2D eigenvalue weighted by atomic mass is 9.75. The molecule has 0 fully saturated rings. The van der Waals surface area contributed by atoms with E-state index in [-0.39, 0.29) is 5.92 Å². The number of carbonyl (C=O) groups is 1. The first-order chi connectivity index (χ1) is 10.6. The molecule has 2 nitrogen and oxygen atoms in total. The molecule has 0 aliphatic heterocycles. The first-order valence-corrected chi connectivity index (χ1v) is 7.76. The number of carbonyl (C=O) groups excluding carboxylic acids is 1. The van der Waals surface area contributed by atoms with Gasteiger partial charge in [-0.05, 0) is 35.9 Å². The van der Waals surface area contributed by atoms with Crippen molar-refractivity contribution in [3.05, 3.63) is 81.4 Å². The van der Waals surface area contributed by atoms with Gasteiger partial charge in [-0.3, -0.25) is 0 Å². The molecule has 4 heteroatoms. The lowest BCUT2D eigenvalue weighted by Gasteiger charge is -2.33. The number of benzene rings is 2. The van der Waals surface area contributed by atoms with E-state index in [4.69, 9.17) is 23.2 Å². The summed E-state index contributed by atoms with van der Waals surface area (Å²) in [6, 6.07) is 13.6. The van der Waals surface area contributed by atoms with E-state index in [1.54, 1.807) is 13.1 Å². The van der Waals surface area contributed by atoms with Crippen LogP contribution in [-0.4, -0.2) is 13.3 Å². The van der Waals surface area contributed by atoms with Gasteiger partial charge < -0.3 is 10.1 Å². The quantitative estimate of drug-likeness (QED) is 0.670. The molecule has 0 aromatic heterocycles. The number of hydrogen-bond donors (Lipinski definition) is 1. The zero-order valence-corrected chi connectivity index (χ0v) is 13.5. The van der Waals surface area contributed by atoms with Crippen molar-refractivity contribution in [2.24, 2.45) is 0 Å². The van der Waals surface area contributed by atoms with E-state index in [1.165, 1.54) is 0 Å². The molecule has 0 radical (unpaired) electrons. The summed E-state index contributed by atoms with van der Waals surface area (Å²) in [5.74, 6) is 0.0485. The van der Waals surface area contributed by atoms with E-state index in [2.05, 4.69) is 5.32 Å². The van der Waals surface area contributed by atoms with Crippen LogP contribution in [0, 0.1) is 0 Å². The maximum atomic E-state index is 11.7. The van der Waals surface area contributed by atoms with Crippen molar-refractivity contribution in [1.29, 1.82) is 0 Å². The summed E-state index contributed by atoms with van der Waals surface area (Å²) in [7, 11) is 1.79. The summed E-state index contributed by atoms with van der Waals surface area (Å²) < 4.78 is 0. The highest BCUT2D eigenvalue weighted by atomic mass is 35.5. The Balaban J connectivity index is 2.16. The van der Waals surface area contributed by atoms with Gasteiger partial charge in [-0.1, -0.05) is 65.7 Å². The second kappa shape index (κ2) is 5.88. The lowest BCUT2D eigenvalue weighted by Crippen LogP contribution is -2.42. The number of likely N-dealkylation sites (N-methyl/N-ethyl adjacent to an activating group) is 1. The number of fused-ring (bicyclic) bond motifs is 1. The molecule has 1 N–H and O–H groups in total. The Kier molecular flexibility index (Phi) is 4.09. The number of nitrogens with one attached hydrogen (secondary N) is 1. The minimum absolute atomic E-state index is 0.0485. The van der Waals surface area contributed by atoms with Gasteiger partial charge in [0.25, 0.3) is 0 Å². The molecule has 1 aliphatic carbocycles. The van der Waals surface area contributed by atoms with E-state index in [9.17, 15) is 4.79 Å². The summed E-state index contributed by atoms with van der Waals surface area (Å²) in [5.41, 5.74) is 2.33. The second-order valence-corrected chi connectivity index (χ2v) is 6.15. The van der Waals surface area contributed by atoms with Gasteiger partial charge in [0.1, 0.15) is 11.8 Å². The van der Waals surface area contributed by atoms with Crippen LogP contribution in [0.15, 0.2) is 54.6 Å². The SMILES string of the molecule is CN[C@@]1(C=O)C=C[C@@H](c2ccc(Cl)c(Cl)c2)c2ccccc21. The van der Waals surface area contributed by atoms with Crippen LogP contribution >= 0.6 is 23.2 Å². The maximum absolute atomic E-state index is 11.7. The van der Waals surface area contributed by atoms with Crippen molar-refractivity contribution >= 4 is 29.5 Å². The monoisotopic (exact) mass is 331 g/mol. The van der Waals surface area contributed by atoms with Crippen LogP contribution in [0.4, 0.5) is 0 Å². The van der Waals surface area contributed by atoms with Crippen LogP contribution in [0.1, 0.15) is 22.6 Å². The molecule has 1 aliphatic rings. The van der Waals surface area contributed by atoms with Crippen molar-refractivity contribution in [2.45, 2.75) is 11.5 Å². The normalized spacial score (nSPS) is 23.1. The zero-order chi connectivity index (χ0) is 15.7. The third-order valence-corrected chi connectivity index (χ3v) is 4.93. The molecule has 0 heterocycles. The number of rotatable bonds is 3. The minimum atomic E-state index is -0.774. The van der Waals surface area contributed by atoms with Gasteiger partial charge in [0.05, 0.1) is 10.0 Å². The van der Waals surface area contributed by atoms with Crippen LogP contribution in [0.2, 0.25) is 10.0 Å². The van der Waals surface area contributed by atoms with Gasteiger partial charge >= 0.3 is 0 Å². The Labute approximate surface area is 139 Å². The van der Waals surface area contributed by atoms with Crippen molar-refractivity contribution < 1.29 is 4.79 Å². The Morgan fingerprint density at radius 1 is 1.14 bits per heavy atom. The highest BCUT2D eigenvalue weighted by Gasteiger charge is 2.35. The van der Waals surface area contributed by atoms with Gasteiger partial charge in [-0.15, -0.1) is 0 Å². The van der Waals surface area contributed by atoms with Crippen molar-refractivity contribution in [1.82, 2.24) is 5.32 Å². The molecular weight excluding hydrogens is 317 g/mol. The smallest absolute Gasteiger partial charge is 0.148 e. The highest BCUT2D eigenvalue weighted by Crippen LogP contribution is 2.40. The Bertz CT molecular complexity index is 757. The Hall–Kier alpha value is -1.61. The average Bonchev–Trinajstić information content (AvgIpc) is 2.56. The van der Waals surface area contributed by atoms with Crippen LogP contribution in [0.25, 0.3) is 0 Å². The van der Waals surface area contributed by atoms with Crippen molar-refractivity contribution in [3.8, 4) is 0 Å².